The van der Waals surface area contributed by atoms with E-state index >= 15 is 0 Å². The van der Waals surface area contributed by atoms with E-state index in [1.807, 2.05) is 44.2 Å². The first-order valence-corrected chi connectivity index (χ1v) is 13.6. The van der Waals surface area contributed by atoms with E-state index in [0.29, 0.717) is 6.42 Å². The molecule has 3 heterocycles. The van der Waals surface area contributed by atoms with E-state index in [4.69, 9.17) is 14.0 Å². The van der Waals surface area contributed by atoms with Crippen molar-refractivity contribution < 1.29 is 37.9 Å². The van der Waals surface area contributed by atoms with Gasteiger partial charge in [0, 0.05) is 26.5 Å². The first kappa shape index (κ1) is 29.8. The van der Waals surface area contributed by atoms with E-state index in [9.17, 15) is 24.0 Å². The molecule has 2 saturated heterocycles. The fourth-order valence-corrected chi connectivity index (χ4v) is 5.27. The molecular weight excluding hydrogens is 531 g/mol. The molecule has 1 aromatic heterocycles. The SMILES string of the molecule is CC(C)CC(CC(=O)[C@H](Cc1ccccc1)NC(=O)c1cnccn1)[B-]12OC(=O)C[C@](CC(=O)N(C)C)(O1)C(=O)O2. The number of amides is 2. The molecule has 0 aliphatic carbocycles. The minimum atomic E-state index is -3.04. The van der Waals surface area contributed by atoms with Crippen LogP contribution < -0.4 is 5.32 Å². The number of benzene rings is 1. The molecule has 0 saturated carbocycles. The van der Waals surface area contributed by atoms with Gasteiger partial charge in [-0.3, -0.25) is 29.0 Å². The molecule has 13 heteroatoms. The molecule has 1 aromatic carbocycles. The predicted octanol–water partition coefficient (Wildman–Crippen LogP) is 1.87. The van der Waals surface area contributed by atoms with Gasteiger partial charge in [-0.25, -0.2) is 4.98 Å². The molecule has 2 bridgehead atoms. The third kappa shape index (κ3) is 6.79. The molecule has 2 amide bonds. The molecule has 218 valence electrons. The van der Waals surface area contributed by atoms with Gasteiger partial charge in [0.25, 0.3) is 17.8 Å². The quantitative estimate of drug-likeness (QED) is 0.377. The summed E-state index contributed by atoms with van der Waals surface area (Å²) >= 11 is 0. The maximum Gasteiger partial charge on any atom is 0.499 e. The molecule has 4 rings (SSSR count). The lowest BCUT2D eigenvalue weighted by Gasteiger charge is -2.46. The first-order chi connectivity index (χ1) is 19.4. The average Bonchev–Trinajstić information content (AvgIpc) is 3.13. The number of carbonyl (C=O) groups is 5. The van der Waals surface area contributed by atoms with Crippen LogP contribution in [0.5, 0.6) is 0 Å². The average molecular weight is 565 g/mol. The van der Waals surface area contributed by atoms with Crippen LogP contribution in [-0.4, -0.2) is 76.9 Å². The van der Waals surface area contributed by atoms with Crippen LogP contribution in [0.15, 0.2) is 48.9 Å². The second-order valence-electron chi connectivity index (χ2n) is 11.2. The van der Waals surface area contributed by atoms with E-state index in [0.717, 1.165) is 5.56 Å². The van der Waals surface area contributed by atoms with Gasteiger partial charge in [0.05, 0.1) is 25.1 Å². The van der Waals surface area contributed by atoms with Gasteiger partial charge >= 0.3 is 6.75 Å². The first-order valence-electron chi connectivity index (χ1n) is 13.6. The van der Waals surface area contributed by atoms with E-state index in [-0.39, 0.29) is 30.2 Å². The van der Waals surface area contributed by atoms with Gasteiger partial charge in [-0.05, 0) is 24.3 Å². The molecule has 2 unspecified atom stereocenters. The van der Waals surface area contributed by atoms with Crippen LogP contribution in [0.1, 0.15) is 55.6 Å². The monoisotopic (exact) mass is 565 g/mol. The summed E-state index contributed by atoms with van der Waals surface area (Å²) in [6.07, 6.45) is 3.50. The number of carbonyl (C=O) groups excluding carboxylic acids is 5. The van der Waals surface area contributed by atoms with Crippen molar-refractivity contribution >= 4 is 36.3 Å². The number of fused-ring (bicyclic) bond motifs is 2. The normalized spacial score (nSPS) is 22.9. The van der Waals surface area contributed by atoms with E-state index < -0.39 is 60.8 Å². The van der Waals surface area contributed by atoms with Gasteiger partial charge in [-0.1, -0.05) is 56.4 Å². The number of nitrogens with one attached hydrogen (secondary N) is 1. The van der Waals surface area contributed by atoms with Crippen LogP contribution in [0.3, 0.4) is 0 Å². The van der Waals surface area contributed by atoms with Crippen LogP contribution in [0.4, 0.5) is 0 Å². The van der Waals surface area contributed by atoms with Gasteiger partial charge in [0.15, 0.2) is 5.78 Å². The van der Waals surface area contributed by atoms with Crippen molar-refractivity contribution in [2.24, 2.45) is 5.92 Å². The zero-order valence-electron chi connectivity index (χ0n) is 23.6. The number of rotatable bonds is 12. The Kier molecular flexibility index (Phi) is 8.86. The predicted molar refractivity (Wildman–Crippen MR) is 146 cm³/mol. The van der Waals surface area contributed by atoms with Crippen molar-refractivity contribution in [1.29, 1.82) is 0 Å². The molecule has 1 N–H and O–H groups in total. The minimum absolute atomic E-state index is 0.00727. The largest absolute Gasteiger partial charge is 0.633 e. The van der Waals surface area contributed by atoms with Crippen LogP contribution >= 0.6 is 0 Å². The van der Waals surface area contributed by atoms with Crippen molar-refractivity contribution in [3.8, 4) is 0 Å². The Balaban J connectivity index is 1.62. The van der Waals surface area contributed by atoms with Gasteiger partial charge < -0.3 is 24.2 Å². The highest BCUT2D eigenvalue weighted by molar-refractivity contribution is 6.68. The Morgan fingerprint density at radius 3 is 2.46 bits per heavy atom. The fourth-order valence-electron chi connectivity index (χ4n) is 5.27. The van der Waals surface area contributed by atoms with E-state index in [1.54, 1.807) is 0 Å². The van der Waals surface area contributed by atoms with Gasteiger partial charge in [-0.2, -0.15) is 0 Å². The summed E-state index contributed by atoms with van der Waals surface area (Å²) in [5.41, 5.74) is -0.966. The Labute approximate surface area is 238 Å². The van der Waals surface area contributed by atoms with Crippen molar-refractivity contribution in [3.63, 3.8) is 0 Å². The van der Waals surface area contributed by atoms with Crippen molar-refractivity contribution in [3.05, 3.63) is 60.2 Å². The fraction of sp³-hybridized carbons (Fsp3) is 0.464. The van der Waals surface area contributed by atoms with Crippen molar-refractivity contribution in [2.75, 3.05) is 14.1 Å². The Hall–Kier alpha value is -4.13. The van der Waals surface area contributed by atoms with Crippen LogP contribution in [0, 0.1) is 5.92 Å². The number of nitrogens with zero attached hydrogens (tertiary/aromatic N) is 3. The number of hydrogen-bond acceptors (Lipinski definition) is 10. The summed E-state index contributed by atoms with van der Waals surface area (Å²) in [5, 5.41) is 2.76. The second-order valence-corrected chi connectivity index (χ2v) is 11.2. The van der Waals surface area contributed by atoms with E-state index in [2.05, 4.69) is 15.3 Å². The van der Waals surface area contributed by atoms with Gasteiger partial charge in [-0.15, -0.1) is 0 Å². The lowest BCUT2D eigenvalue weighted by molar-refractivity contribution is -0.158. The molecule has 4 atom stereocenters. The minimum Gasteiger partial charge on any atom is -0.633 e. The molecular formula is C28H34BN4O8-. The number of aromatic nitrogens is 2. The van der Waals surface area contributed by atoms with Crippen LogP contribution in [-0.2, 0) is 39.6 Å². The smallest absolute Gasteiger partial charge is 0.499 e. The Morgan fingerprint density at radius 1 is 1.10 bits per heavy atom. The summed E-state index contributed by atoms with van der Waals surface area (Å²) in [6.45, 7) is 0.773. The van der Waals surface area contributed by atoms with Crippen molar-refractivity contribution in [2.45, 2.75) is 63.4 Å². The highest BCUT2D eigenvalue weighted by atomic mass is 16.8. The molecule has 2 aromatic rings. The summed E-state index contributed by atoms with van der Waals surface area (Å²) in [4.78, 5) is 74.6. The zero-order chi connectivity index (χ0) is 29.8. The molecule has 41 heavy (non-hydrogen) atoms. The highest BCUT2D eigenvalue weighted by Gasteiger charge is 2.64. The standard InChI is InChI=1S/C28H34BN4O8/c1-18(2)12-20(29-39-25(36)16-28(41-29,27(38)40-29)15-24(35)33(3)4)14-23(34)21(13-19-8-6-5-7-9-19)32-26(37)22-17-30-10-11-31-22/h5-11,17-18,20-21H,12-16H2,1-4H3,(H,32,37)/q-1/t20?,21-,28-,29?/m0/s1. The summed E-state index contributed by atoms with van der Waals surface area (Å²) in [6, 6.07) is 8.19. The Bertz CT molecular complexity index is 1310. The maximum absolute atomic E-state index is 13.9. The second kappa shape index (κ2) is 12.2. The van der Waals surface area contributed by atoms with E-state index in [1.165, 1.54) is 37.6 Å². The van der Waals surface area contributed by atoms with Gasteiger partial charge in [0.1, 0.15) is 11.3 Å². The third-order valence-electron chi connectivity index (χ3n) is 7.28. The lowest BCUT2D eigenvalue weighted by atomic mass is 9.57. The Morgan fingerprint density at radius 2 is 1.83 bits per heavy atom. The third-order valence-corrected chi connectivity index (χ3v) is 7.28. The van der Waals surface area contributed by atoms with Crippen molar-refractivity contribution in [1.82, 2.24) is 20.2 Å². The number of ketones is 1. The summed E-state index contributed by atoms with van der Waals surface area (Å²) < 4.78 is 17.4. The summed E-state index contributed by atoms with van der Waals surface area (Å²) in [7, 11) is 3.06. The van der Waals surface area contributed by atoms with Gasteiger partial charge in [0.2, 0.25) is 5.91 Å². The molecule has 2 aliphatic rings. The summed E-state index contributed by atoms with van der Waals surface area (Å²) in [5.74, 6) is -3.84. The number of hydrogen-bond donors (Lipinski definition) is 1. The molecule has 0 radical (unpaired) electrons. The molecule has 2 fully saturated rings. The molecule has 0 spiro atoms. The maximum atomic E-state index is 13.9. The molecule has 12 nitrogen and oxygen atoms in total. The lowest BCUT2D eigenvalue weighted by Crippen LogP contribution is -2.56. The zero-order valence-corrected chi connectivity index (χ0v) is 23.6. The van der Waals surface area contributed by atoms with Crippen LogP contribution in [0.25, 0.3) is 0 Å². The number of Topliss-reactive ketones (excluding diaryl/α,β-unsaturated/α-hetero) is 1. The van der Waals surface area contributed by atoms with Crippen LogP contribution in [0.2, 0.25) is 5.82 Å². The highest BCUT2D eigenvalue weighted by Crippen LogP contribution is 2.48. The topological polar surface area (TPSA) is 154 Å². The molecule has 2 aliphatic heterocycles.